The lowest BCUT2D eigenvalue weighted by Gasteiger charge is -2.06. The number of carbonyl (C=O) groups excluding carboxylic acids is 1. The number of oxazole rings is 1. The van der Waals surface area contributed by atoms with E-state index < -0.39 is 5.76 Å². The Bertz CT molecular complexity index is 897. The van der Waals surface area contributed by atoms with Crippen LogP contribution in [-0.4, -0.2) is 10.5 Å². The molecule has 0 unspecified atom stereocenters. The second-order valence-electron chi connectivity index (χ2n) is 5.03. The molecule has 6 heteroatoms. The predicted molar refractivity (Wildman–Crippen MR) is 89.0 cm³/mol. The minimum absolute atomic E-state index is 0.109. The summed E-state index contributed by atoms with van der Waals surface area (Å²) in [4.78, 5) is 23.7. The number of hydrogen-bond acceptors (Lipinski definition) is 4. The normalized spacial score (nSPS) is 10.8. The molecule has 0 aliphatic carbocycles. The number of halogens is 1. The summed E-state index contributed by atoms with van der Waals surface area (Å²) in [6.07, 6.45) is 0.109. The molecule has 0 fully saturated rings. The van der Waals surface area contributed by atoms with Gasteiger partial charge in [0, 0.05) is 11.0 Å². The van der Waals surface area contributed by atoms with E-state index in [1.165, 1.54) is 4.57 Å². The van der Waals surface area contributed by atoms with Gasteiger partial charge in [-0.2, -0.15) is 0 Å². The fourth-order valence-electron chi connectivity index (χ4n) is 2.29. The third-order valence-corrected chi connectivity index (χ3v) is 3.90. The molecular formula is C17H14BrNO4. The summed E-state index contributed by atoms with van der Waals surface area (Å²) >= 11 is 3.37. The molecule has 2 aromatic carbocycles. The molecule has 0 spiro atoms. The summed E-state index contributed by atoms with van der Waals surface area (Å²) < 4.78 is 12.7. The van der Waals surface area contributed by atoms with Crippen LogP contribution in [0.5, 0.6) is 0 Å². The van der Waals surface area contributed by atoms with Gasteiger partial charge in [-0.3, -0.25) is 9.36 Å². The maximum absolute atomic E-state index is 11.9. The molecule has 3 aromatic rings. The third kappa shape index (κ3) is 3.71. The lowest BCUT2D eigenvalue weighted by Crippen LogP contribution is -2.17. The Morgan fingerprint density at radius 1 is 1.17 bits per heavy atom. The van der Waals surface area contributed by atoms with Crippen molar-refractivity contribution in [3.05, 3.63) is 69.1 Å². The summed E-state index contributed by atoms with van der Waals surface area (Å²) in [7, 11) is 0. The van der Waals surface area contributed by atoms with Gasteiger partial charge >= 0.3 is 11.7 Å². The first-order chi connectivity index (χ1) is 11.1. The van der Waals surface area contributed by atoms with Crippen molar-refractivity contribution in [2.75, 3.05) is 0 Å². The number of fused-ring (bicyclic) bond motifs is 1. The van der Waals surface area contributed by atoms with Gasteiger partial charge in [0.25, 0.3) is 0 Å². The Labute approximate surface area is 140 Å². The van der Waals surface area contributed by atoms with Crippen LogP contribution in [0.15, 0.2) is 62.2 Å². The van der Waals surface area contributed by atoms with Crippen LogP contribution >= 0.6 is 15.9 Å². The minimum Gasteiger partial charge on any atom is -0.461 e. The number of rotatable bonds is 5. The van der Waals surface area contributed by atoms with E-state index in [1.54, 1.807) is 18.2 Å². The standard InChI is InChI=1S/C17H14BrNO4/c18-13-5-3-4-12(10-13)11-22-16(20)8-9-19-14-6-1-2-7-15(14)23-17(19)21/h1-7,10H,8-9,11H2. The van der Waals surface area contributed by atoms with Crippen LogP contribution in [0.25, 0.3) is 11.1 Å². The first-order valence-corrected chi connectivity index (χ1v) is 7.91. The van der Waals surface area contributed by atoms with Crippen molar-refractivity contribution in [3.63, 3.8) is 0 Å². The van der Waals surface area contributed by atoms with Crippen LogP contribution in [0.3, 0.4) is 0 Å². The highest BCUT2D eigenvalue weighted by molar-refractivity contribution is 9.10. The van der Waals surface area contributed by atoms with E-state index in [9.17, 15) is 9.59 Å². The maximum atomic E-state index is 11.9. The van der Waals surface area contributed by atoms with Crippen LogP contribution in [0.4, 0.5) is 0 Å². The molecule has 5 nitrogen and oxygen atoms in total. The number of para-hydroxylation sites is 2. The van der Waals surface area contributed by atoms with E-state index in [2.05, 4.69) is 15.9 Å². The van der Waals surface area contributed by atoms with E-state index in [0.29, 0.717) is 11.1 Å². The molecule has 1 heterocycles. The lowest BCUT2D eigenvalue weighted by molar-refractivity contribution is -0.145. The molecule has 0 amide bonds. The molecule has 0 bridgehead atoms. The van der Waals surface area contributed by atoms with Gasteiger partial charge in [0.15, 0.2) is 5.58 Å². The van der Waals surface area contributed by atoms with E-state index in [-0.39, 0.29) is 25.5 Å². The molecule has 118 valence electrons. The van der Waals surface area contributed by atoms with Crippen molar-refractivity contribution in [2.45, 2.75) is 19.6 Å². The quantitative estimate of drug-likeness (QED) is 0.640. The van der Waals surface area contributed by atoms with Crippen molar-refractivity contribution in [1.82, 2.24) is 4.57 Å². The van der Waals surface area contributed by atoms with Crippen molar-refractivity contribution in [2.24, 2.45) is 0 Å². The second-order valence-corrected chi connectivity index (χ2v) is 5.94. The van der Waals surface area contributed by atoms with Crippen LogP contribution in [-0.2, 0) is 22.7 Å². The van der Waals surface area contributed by atoms with Gasteiger partial charge in [-0.1, -0.05) is 40.2 Å². The number of carbonyl (C=O) groups is 1. The van der Waals surface area contributed by atoms with Gasteiger partial charge in [-0.05, 0) is 29.8 Å². The Morgan fingerprint density at radius 2 is 2.00 bits per heavy atom. The van der Waals surface area contributed by atoms with Crippen molar-refractivity contribution in [3.8, 4) is 0 Å². The highest BCUT2D eigenvalue weighted by Crippen LogP contribution is 2.14. The fourth-order valence-corrected chi connectivity index (χ4v) is 2.74. The lowest BCUT2D eigenvalue weighted by atomic mass is 10.2. The smallest absolute Gasteiger partial charge is 0.419 e. The van der Waals surface area contributed by atoms with E-state index in [1.807, 2.05) is 30.3 Å². The molecule has 0 saturated carbocycles. The second kappa shape index (κ2) is 6.83. The average molecular weight is 376 g/mol. The average Bonchev–Trinajstić information content (AvgIpc) is 2.86. The summed E-state index contributed by atoms with van der Waals surface area (Å²) in [6.45, 7) is 0.437. The molecule has 23 heavy (non-hydrogen) atoms. The molecule has 1 aromatic heterocycles. The summed E-state index contributed by atoms with van der Waals surface area (Å²) in [5.41, 5.74) is 2.09. The fraction of sp³-hybridized carbons (Fsp3) is 0.176. The molecule has 3 rings (SSSR count). The van der Waals surface area contributed by atoms with Gasteiger partial charge in [0.1, 0.15) is 6.61 Å². The molecule has 0 aliphatic heterocycles. The zero-order chi connectivity index (χ0) is 16.2. The summed E-state index contributed by atoms with van der Waals surface area (Å²) in [5, 5.41) is 0. The summed E-state index contributed by atoms with van der Waals surface area (Å²) in [5.74, 6) is -0.826. The number of esters is 1. The first-order valence-electron chi connectivity index (χ1n) is 7.12. The zero-order valence-corrected chi connectivity index (χ0v) is 13.8. The molecule has 0 radical (unpaired) electrons. The molecule has 0 aliphatic rings. The monoisotopic (exact) mass is 375 g/mol. The zero-order valence-electron chi connectivity index (χ0n) is 12.2. The number of aryl methyl sites for hydroxylation is 1. The van der Waals surface area contributed by atoms with Crippen LogP contribution in [0.1, 0.15) is 12.0 Å². The van der Waals surface area contributed by atoms with Gasteiger partial charge < -0.3 is 9.15 Å². The molecule has 0 saturated heterocycles. The molecule has 0 atom stereocenters. The van der Waals surface area contributed by atoms with E-state index in [4.69, 9.17) is 9.15 Å². The Balaban J connectivity index is 1.60. The number of aromatic nitrogens is 1. The predicted octanol–water partition coefficient (Wildman–Crippen LogP) is 3.49. The van der Waals surface area contributed by atoms with E-state index in [0.717, 1.165) is 10.0 Å². The van der Waals surface area contributed by atoms with Crippen LogP contribution in [0, 0.1) is 0 Å². The number of benzene rings is 2. The molecule has 0 N–H and O–H groups in total. The Kier molecular flexibility index (Phi) is 4.62. The van der Waals surface area contributed by atoms with Crippen LogP contribution in [0.2, 0.25) is 0 Å². The third-order valence-electron chi connectivity index (χ3n) is 3.40. The van der Waals surface area contributed by atoms with Crippen molar-refractivity contribution >= 4 is 33.0 Å². The van der Waals surface area contributed by atoms with Gasteiger partial charge in [0.05, 0.1) is 11.9 Å². The largest absolute Gasteiger partial charge is 0.461 e. The highest BCUT2D eigenvalue weighted by Gasteiger charge is 2.11. The van der Waals surface area contributed by atoms with Gasteiger partial charge in [-0.15, -0.1) is 0 Å². The van der Waals surface area contributed by atoms with Crippen LogP contribution < -0.4 is 5.76 Å². The highest BCUT2D eigenvalue weighted by atomic mass is 79.9. The topological polar surface area (TPSA) is 61.4 Å². The SMILES string of the molecule is O=C(CCn1c(=O)oc2ccccc21)OCc1cccc(Br)c1. The molecular weight excluding hydrogens is 362 g/mol. The first kappa shape index (κ1) is 15.6. The maximum Gasteiger partial charge on any atom is 0.419 e. The number of nitrogens with zero attached hydrogens (tertiary/aromatic N) is 1. The van der Waals surface area contributed by atoms with Crippen molar-refractivity contribution in [1.29, 1.82) is 0 Å². The number of hydrogen-bond donors (Lipinski definition) is 0. The minimum atomic E-state index is -0.467. The van der Waals surface area contributed by atoms with Gasteiger partial charge in [-0.25, -0.2) is 4.79 Å². The summed E-state index contributed by atoms with van der Waals surface area (Å²) in [6, 6.07) is 14.7. The van der Waals surface area contributed by atoms with E-state index >= 15 is 0 Å². The van der Waals surface area contributed by atoms with Gasteiger partial charge in [0.2, 0.25) is 0 Å². The Hall–Kier alpha value is -2.34. The van der Waals surface area contributed by atoms with Crippen molar-refractivity contribution < 1.29 is 13.9 Å². The Morgan fingerprint density at radius 3 is 2.83 bits per heavy atom. The number of ether oxygens (including phenoxy) is 1.